The Hall–Kier alpha value is 0.670. The van der Waals surface area contributed by atoms with Gasteiger partial charge in [0.25, 0.3) is 0 Å². The Kier molecular flexibility index (Phi) is 6.61. The molecule has 2 atom stereocenters. The molecular formula is C12H15Br3ClNO2. The fourth-order valence-electron chi connectivity index (χ4n) is 2.15. The standard InChI is InChI=1S/C12H14Br3NO2.ClH/c13-6-4-7(14)12(18)9(15)8(6)10(16)11(17)5-2-1-3-5;/h4-5,10-11,17-18H,1-3,16H2;1H/t10-,11+;/m0./s1. The van der Waals surface area contributed by atoms with Crippen molar-refractivity contribution in [2.24, 2.45) is 11.7 Å². The van der Waals surface area contributed by atoms with Crippen molar-refractivity contribution >= 4 is 60.2 Å². The van der Waals surface area contributed by atoms with E-state index >= 15 is 0 Å². The molecule has 1 aromatic rings. The number of benzene rings is 1. The van der Waals surface area contributed by atoms with E-state index in [0.29, 0.717) is 14.5 Å². The predicted octanol–water partition coefficient (Wildman–Crippen LogP) is 4.26. The van der Waals surface area contributed by atoms with Crippen LogP contribution in [-0.4, -0.2) is 16.3 Å². The molecule has 1 aliphatic rings. The number of rotatable bonds is 3. The highest BCUT2D eigenvalue weighted by molar-refractivity contribution is 9.11. The Morgan fingerprint density at radius 3 is 2.26 bits per heavy atom. The molecule has 0 amide bonds. The first-order valence-electron chi connectivity index (χ1n) is 5.73. The van der Waals surface area contributed by atoms with Crippen LogP contribution in [0.2, 0.25) is 0 Å². The Labute approximate surface area is 143 Å². The van der Waals surface area contributed by atoms with Gasteiger partial charge in [-0.3, -0.25) is 0 Å². The zero-order valence-electron chi connectivity index (χ0n) is 9.94. The summed E-state index contributed by atoms with van der Waals surface area (Å²) < 4.78 is 1.87. The van der Waals surface area contributed by atoms with Crippen LogP contribution >= 0.6 is 60.2 Å². The van der Waals surface area contributed by atoms with Crippen LogP contribution < -0.4 is 5.73 Å². The monoisotopic (exact) mass is 477 g/mol. The third kappa shape index (κ3) is 3.47. The minimum atomic E-state index is -0.577. The summed E-state index contributed by atoms with van der Waals surface area (Å²) in [6.45, 7) is 0. The number of phenols is 1. The van der Waals surface area contributed by atoms with Gasteiger partial charge in [-0.1, -0.05) is 22.4 Å². The van der Waals surface area contributed by atoms with Crippen molar-refractivity contribution in [3.05, 3.63) is 25.0 Å². The fourth-order valence-corrected chi connectivity index (χ4v) is 4.79. The van der Waals surface area contributed by atoms with Gasteiger partial charge >= 0.3 is 0 Å². The number of halogens is 4. The van der Waals surface area contributed by atoms with Gasteiger partial charge in [-0.15, -0.1) is 12.4 Å². The summed E-state index contributed by atoms with van der Waals surface area (Å²) in [6, 6.07) is 1.22. The molecule has 0 aliphatic heterocycles. The molecule has 0 bridgehead atoms. The fraction of sp³-hybridized carbons (Fsp3) is 0.500. The zero-order chi connectivity index (χ0) is 13.4. The molecule has 0 unspecified atom stereocenters. The lowest BCUT2D eigenvalue weighted by Crippen LogP contribution is -2.36. The summed E-state index contributed by atoms with van der Waals surface area (Å²) in [7, 11) is 0. The van der Waals surface area contributed by atoms with E-state index in [4.69, 9.17) is 5.73 Å². The lowest BCUT2D eigenvalue weighted by molar-refractivity contribution is 0.0410. The van der Waals surface area contributed by atoms with Crippen LogP contribution in [0.25, 0.3) is 0 Å². The minimum absolute atomic E-state index is 0. The van der Waals surface area contributed by atoms with Gasteiger partial charge in [-0.25, -0.2) is 0 Å². The van der Waals surface area contributed by atoms with Crippen molar-refractivity contribution in [3.8, 4) is 5.75 Å². The van der Waals surface area contributed by atoms with Gasteiger partial charge in [0.2, 0.25) is 0 Å². The van der Waals surface area contributed by atoms with Gasteiger partial charge in [0.15, 0.2) is 0 Å². The van der Waals surface area contributed by atoms with E-state index in [2.05, 4.69) is 47.8 Å². The van der Waals surface area contributed by atoms with E-state index in [-0.39, 0.29) is 24.1 Å². The molecule has 2 rings (SSSR count). The summed E-state index contributed by atoms with van der Waals surface area (Å²) in [5, 5.41) is 20.1. The van der Waals surface area contributed by atoms with Crippen molar-refractivity contribution in [1.29, 1.82) is 0 Å². The molecule has 1 aliphatic carbocycles. The highest BCUT2D eigenvalue weighted by Crippen LogP contribution is 2.44. The van der Waals surface area contributed by atoms with Crippen LogP contribution in [0.1, 0.15) is 30.9 Å². The highest BCUT2D eigenvalue weighted by Gasteiger charge is 2.33. The molecule has 0 saturated heterocycles. The van der Waals surface area contributed by atoms with E-state index in [1.807, 2.05) is 0 Å². The van der Waals surface area contributed by atoms with E-state index < -0.39 is 12.1 Å². The summed E-state index contributed by atoms with van der Waals surface area (Å²) >= 11 is 10.0. The van der Waals surface area contributed by atoms with Crippen LogP contribution in [0.5, 0.6) is 5.75 Å². The average Bonchev–Trinajstić information content (AvgIpc) is 2.23. The smallest absolute Gasteiger partial charge is 0.144 e. The molecule has 19 heavy (non-hydrogen) atoms. The van der Waals surface area contributed by atoms with Crippen molar-refractivity contribution in [2.45, 2.75) is 31.4 Å². The van der Waals surface area contributed by atoms with Gasteiger partial charge in [0.05, 0.1) is 21.1 Å². The second kappa shape index (κ2) is 7.09. The molecule has 1 aromatic carbocycles. The maximum atomic E-state index is 10.2. The van der Waals surface area contributed by atoms with Crippen LogP contribution in [0, 0.1) is 5.92 Å². The molecule has 0 spiro atoms. The number of phenolic OH excluding ortho intramolecular Hbond substituents is 1. The van der Waals surface area contributed by atoms with Crippen LogP contribution in [0.4, 0.5) is 0 Å². The summed E-state index contributed by atoms with van der Waals surface area (Å²) in [5.74, 6) is 0.369. The molecule has 0 aromatic heterocycles. The third-order valence-corrected chi connectivity index (χ3v) is 5.58. The van der Waals surface area contributed by atoms with Gasteiger partial charge < -0.3 is 15.9 Å². The molecule has 3 nitrogen and oxygen atoms in total. The van der Waals surface area contributed by atoms with Crippen LogP contribution in [-0.2, 0) is 0 Å². The van der Waals surface area contributed by atoms with Crippen molar-refractivity contribution < 1.29 is 10.2 Å². The number of nitrogens with two attached hydrogens (primary N) is 1. The SMILES string of the molecule is Cl.N[C@@H](c1c(Br)cc(Br)c(O)c1Br)[C@H](O)C1CCC1. The van der Waals surface area contributed by atoms with E-state index in [0.717, 1.165) is 23.7 Å². The second-order valence-corrected chi connectivity index (χ2v) is 7.13. The lowest BCUT2D eigenvalue weighted by atomic mass is 9.77. The zero-order valence-corrected chi connectivity index (χ0v) is 15.5. The van der Waals surface area contributed by atoms with E-state index in [9.17, 15) is 10.2 Å². The first kappa shape index (κ1) is 17.7. The van der Waals surface area contributed by atoms with Gasteiger partial charge in [0, 0.05) is 10.0 Å². The Morgan fingerprint density at radius 2 is 1.79 bits per heavy atom. The number of aromatic hydroxyl groups is 1. The third-order valence-electron chi connectivity index (χ3n) is 3.52. The van der Waals surface area contributed by atoms with Gasteiger partial charge in [-0.05, 0) is 56.7 Å². The van der Waals surface area contributed by atoms with Gasteiger partial charge in [-0.2, -0.15) is 0 Å². The molecular weight excluding hydrogens is 465 g/mol. The van der Waals surface area contributed by atoms with Crippen molar-refractivity contribution in [1.82, 2.24) is 0 Å². The Balaban J connectivity index is 0.00000180. The average molecular weight is 480 g/mol. The van der Waals surface area contributed by atoms with Crippen LogP contribution in [0.3, 0.4) is 0 Å². The van der Waals surface area contributed by atoms with E-state index in [1.54, 1.807) is 6.07 Å². The number of hydrogen-bond acceptors (Lipinski definition) is 3. The largest absolute Gasteiger partial charge is 0.506 e. The number of aliphatic hydroxyl groups is 1. The van der Waals surface area contributed by atoms with E-state index in [1.165, 1.54) is 0 Å². The summed E-state index contributed by atoms with van der Waals surface area (Å²) in [5.41, 5.74) is 6.84. The number of hydrogen-bond donors (Lipinski definition) is 3. The molecule has 4 N–H and O–H groups in total. The molecule has 0 radical (unpaired) electrons. The molecule has 108 valence electrons. The Bertz CT molecular complexity index is 469. The van der Waals surface area contributed by atoms with Crippen molar-refractivity contribution in [3.63, 3.8) is 0 Å². The maximum Gasteiger partial charge on any atom is 0.144 e. The topological polar surface area (TPSA) is 66.5 Å². The van der Waals surface area contributed by atoms with Gasteiger partial charge in [0.1, 0.15) is 5.75 Å². The molecule has 1 fully saturated rings. The Morgan fingerprint density at radius 1 is 1.21 bits per heavy atom. The lowest BCUT2D eigenvalue weighted by Gasteiger charge is -2.34. The molecule has 1 saturated carbocycles. The quantitative estimate of drug-likeness (QED) is 0.606. The van der Waals surface area contributed by atoms with Crippen molar-refractivity contribution in [2.75, 3.05) is 0 Å². The maximum absolute atomic E-state index is 10.2. The number of aliphatic hydroxyl groups excluding tert-OH is 1. The summed E-state index contributed by atoms with van der Waals surface area (Å²) in [6.07, 6.45) is 2.62. The second-order valence-electron chi connectivity index (χ2n) is 4.62. The first-order valence-corrected chi connectivity index (χ1v) is 8.11. The molecule has 0 heterocycles. The van der Waals surface area contributed by atoms with Crippen LogP contribution in [0.15, 0.2) is 19.5 Å². The molecule has 7 heteroatoms. The summed E-state index contributed by atoms with van der Waals surface area (Å²) in [4.78, 5) is 0. The normalized spacial score (nSPS) is 18.4. The predicted molar refractivity (Wildman–Crippen MR) is 88.7 cm³/mol. The first-order chi connectivity index (χ1) is 8.43. The minimum Gasteiger partial charge on any atom is -0.506 e. The highest BCUT2D eigenvalue weighted by atomic mass is 79.9.